The summed E-state index contributed by atoms with van der Waals surface area (Å²) >= 11 is 1.89. The number of nitrogens with one attached hydrogen (secondary N) is 3. The van der Waals surface area contributed by atoms with E-state index in [1.54, 1.807) is 0 Å². The summed E-state index contributed by atoms with van der Waals surface area (Å²) in [6.45, 7) is 6.58. The molecule has 5 nitrogen and oxygen atoms in total. The standard InChI is InChI=1S/C17H25N3O2S/c1-4-13-10(2)9-14(23-13)11(3)18-12-5-7-17(8-6-12)15(21)19-16(22)20-17/h9,11-12,18H,4-8H2,1-3H3,(H2,19,20,21,22)/t11-,12?,17?/m0/s1. The van der Waals surface area contributed by atoms with E-state index in [2.05, 4.69) is 42.8 Å². The highest BCUT2D eigenvalue weighted by Crippen LogP contribution is 2.33. The fourth-order valence-corrected chi connectivity index (χ4v) is 4.83. The van der Waals surface area contributed by atoms with Crippen LogP contribution in [0.5, 0.6) is 0 Å². The Balaban J connectivity index is 1.58. The number of thiophene rings is 1. The van der Waals surface area contributed by atoms with Crippen LogP contribution < -0.4 is 16.0 Å². The molecule has 1 aromatic heterocycles. The number of carbonyl (C=O) groups excluding carboxylic acids is 2. The Morgan fingerprint density at radius 3 is 2.61 bits per heavy atom. The molecule has 2 aliphatic rings. The number of aryl methyl sites for hydroxylation is 2. The summed E-state index contributed by atoms with van der Waals surface area (Å²) in [5.41, 5.74) is 0.724. The van der Waals surface area contributed by atoms with Gasteiger partial charge in [-0.25, -0.2) is 4.79 Å². The van der Waals surface area contributed by atoms with E-state index in [-0.39, 0.29) is 11.9 Å². The van der Waals surface area contributed by atoms with Crippen molar-refractivity contribution in [2.75, 3.05) is 0 Å². The monoisotopic (exact) mass is 335 g/mol. The van der Waals surface area contributed by atoms with Crippen LogP contribution in [-0.4, -0.2) is 23.5 Å². The number of carbonyl (C=O) groups is 2. The van der Waals surface area contributed by atoms with Gasteiger partial charge in [-0.05, 0) is 57.6 Å². The molecule has 0 radical (unpaired) electrons. The van der Waals surface area contributed by atoms with Crippen molar-refractivity contribution in [1.82, 2.24) is 16.0 Å². The normalized spacial score (nSPS) is 28.7. The number of hydrogen-bond acceptors (Lipinski definition) is 4. The van der Waals surface area contributed by atoms with Crippen molar-refractivity contribution in [3.63, 3.8) is 0 Å². The minimum absolute atomic E-state index is 0.157. The van der Waals surface area contributed by atoms with E-state index in [1.807, 2.05) is 11.3 Å². The lowest BCUT2D eigenvalue weighted by Gasteiger charge is -2.36. The quantitative estimate of drug-likeness (QED) is 0.741. The first kappa shape index (κ1) is 16.5. The number of imide groups is 1. The highest BCUT2D eigenvalue weighted by Gasteiger charge is 2.48. The van der Waals surface area contributed by atoms with E-state index in [0.717, 1.165) is 19.3 Å². The molecule has 6 heteroatoms. The molecular formula is C17H25N3O2S. The predicted octanol–water partition coefficient (Wildman–Crippen LogP) is 2.79. The summed E-state index contributed by atoms with van der Waals surface area (Å²) in [7, 11) is 0. The fourth-order valence-electron chi connectivity index (χ4n) is 3.70. The second kappa shape index (κ2) is 6.24. The smallest absolute Gasteiger partial charge is 0.322 e. The van der Waals surface area contributed by atoms with E-state index in [1.165, 1.54) is 15.3 Å². The molecule has 0 bridgehead atoms. The van der Waals surface area contributed by atoms with Crippen molar-refractivity contribution >= 4 is 23.3 Å². The molecule has 3 rings (SSSR count). The summed E-state index contributed by atoms with van der Waals surface area (Å²) < 4.78 is 0. The highest BCUT2D eigenvalue weighted by atomic mass is 32.1. The van der Waals surface area contributed by atoms with Crippen LogP contribution in [0.25, 0.3) is 0 Å². The molecule has 1 aliphatic heterocycles. The van der Waals surface area contributed by atoms with Gasteiger partial charge in [0.25, 0.3) is 5.91 Å². The van der Waals surface area contributed by atoms with Gasteiger partial charge in [-0.15, -0.1) is 11.3 Å². The average molecular weight is 335 g/mol. The van der Waals surface area contributed by atoms with Crippen LogP contribution in [0.2, 0.25) is 0 Å². The molecule has 1 saturated heterocycles. The van der Waals surface area contributed by atoms with Crippen LogP contribution in [0.3, 0.4) is 0 Å². The van der Waals surface area contributed by atoms with Gasteiger partial charge >= 0.3 is 6.03 Å². The average Bonchev–Trinajstić information content (AvgIpc) is 3.02. The van der Waals surface area contributed by atoms with Gasteiger partial charge in [0.2, 0.25) is 0 Å². The Labute approximate surface area is 141 Å². The van der Waals surface area contributed by atoms with Gasteiger partial charge < -0.3 is 10.6 Å². The van der Waals surface area contributed by atoms with Crippen molar-refractivity contribution in [2.45, 2.75) is 70.5 Å². The first-order valence-corrected chi connectivity index (χ1v) is 9.24. The molecule has 1 aromatic rings. The molecule has 126 valence electrons. The maximum Gasteiger partial charge on any atom is 0.322 e. The zero-order valence-corrected chi connectivity index (χ0v) is 14.8. The van der Waals surface area contributed by atoms with Gasteiger partial charge in [0.05, 0.1) is 0 Å². The molecule has 1 atom stereocenters. The van der Waals surface area contributed by atoms with Crippen LogP contribution in [-0.2, 0) is 11.2 Å². The molecule has 0 aromatic carbocycles. The lowest BCUT2D eigenvalue weighted by molar-refractivity contribution is -0.125. The van der Waals surface area contributed by atoms with E-state index in [4.69, 9.17) is 0 Å². The maximum absolute atomic E-state index is 12.0. The van der Waals surface area contributed by atoms with Crippen molar-refractivity contribution in [3.05, 3.63) is 21.4 Å². The number of hydrogen-bond donors (Lipinski definition) is 3. The van der Waals surface area contributed by atoms with Crippen LogP contribution in [0.1, 0.15) is 60.9 Å². The Bertz CT molecular complexity index is 617. The first-order chi connectivity index (χ1) is 10.9. The van der Waals surface area contributed by atoms with Crippen molar-refractivity contribution in [3.8, 4) is 0 Å². The fraction of sp³-hybridized carbons (Fsp3) is 0.647. The number of amides is 3. The Kier molecular flexibility index (Phi) is 4.47. The van der Waals surface area contributed by atoms with E-state index in [9.17, 15) is 9.59 Å². The largest absolute Gasteiger partial charge is 0.323 e. The first-order valence-electron chi connectivity index (χ1n) is 8.42. The third kappa shape index (κ3) is 3.15. The zero-order chi connectivity index (χ0) is 16.6. The number of urea groups is 1. The molecule has 23 heavy (non-hydrogen) atoms. The Hall–Kier alpha value is -1.40. The van der Waals surface area contributed by atoms with Crippen LogP contribution >= 0.6 is 11.3 Å². The molecule has 1 spiro atoms. The van der Waals surface area contributed by atoms with Gasteiger partial charge in [0, 0.05) is 21.8 Å². The molecule has 1 saturated carbocycles. The van der Waals surface area contributed by atoms with Gasteiger partial charge in [-0.2, -0.15) is 0 Å². The Morgan fingerprint density at radius 1 is 1.39 bits per heavy atom. The van der Waals surface area contributed by atoms with Crippen molar-refractivity contribution in [1.29, 1.82) is 0 Å². The van der Waals surface area contributed by atoms with E-state index < -0.39 is 5.54 Å². The summed E-state index contributed by atoms with van der Waals surface area (Å²) in [4.78, 5) is 26.2. The second-order valence-electron chi connectivity index (χ2n) is 6.76. The zero-order valence-electron chi connectivity index (χ0n) is 14.0. The van der Waals surface area contributed by atoms with E-state index >= 15 is 0 Å². The van der Waals surface area contributed by atoms with Gasteiger partial charge in [0.15, 0.2) is 0 Å². The summed E-state index contributed by atoms with van der Waals surface area (Å²) in [5, 5.41) is 8.88. The lowest BCUT2D eigenvalue weighted by atomic mass is 9.79. The summed E-state index contributed by atoms with van der Waals surface area (Å²) in [6, 6.07) is 2.66. The molecule has 3 amide bonds. The SMILES string of the molecule is CCc1sc([C@H](C)NC2CCC3(CC2)NC(=O)NC3=O)cc1C. The molecule has 2 fully saturated rings. The molecular weight excluding hydrogens is 310 g/mol. The highest BCUT2D eigenvalue weighted by molar-refractivity contribution is 7.12. The molecule has 0 unspecified atom stereocenters. The van der Waals surface area contributed by atoms with Crippen LogP contribution in [0.15, 0.2) is 6.07 Å². The van der Waals surface area contributed by atoms with Gasteiger partial charge in [0.1, 0.15) is 5.54 Å². The van der Waals surface area contributed by atoms with Crippen LogP contribution in [0.4, 0.5) is 4.79 Å². The predicted molar refractivity (Wildman–Crippen MR) is 91.6 cm³/mol. The minimum atomic E-state index is -0.659. The maximum atomic E-state index is 12.0. The summed E-state index contributed by atoms with van der Waals surface area (Å²) in [6.07, 6.45) is 4.31. The Morgan fingerprint density at radius 2 is 2.09 bits per heavy atom. The molecule has 2 heterocycles. The molecule has 1 aliphatic carbocycles. The van der Waals surface area contributed by atoms with E-state index in [0.29, 0.717) is 24.9 Å². The van der Waals surface area contributed by atoms with Crippen molar-refractivity contribution < 1.29 is 9.59 Å². The summed E-state index contributed by atoms with van der Waals surface area (Å²) in [5.74, 6) is -0.157. The van der Waals surface area contributed by atoms with Gasteiger partial charge in [-0.1, -0.05) is 6.92 Å². The third-order valence-corrected chi connectivity index (χ3v) is 6.69. The lowest BCUT2D eigenvalue weighted by Crippen LogP contribution is -2.52. The molecule has 3 N–H and O–H groups in total. The van der Waals surface area contributed by atoms with Crippen molar-refractivity contribution in [2.24, 2.45) is 0 Å². The minimum Gasteiger partial charge on any atom is -0.323 e. The topological polar surface area (TPSA) is 70.2 Å². The second-order valence-corrected chi connectivity index (χ2v) is 7.93. The third-order valence-electron chi connectivity index (χ3n) is 5.13. The number of rotatable bonds is 4. The van der Waals surface area contributed by atoms with Gasteiger partial charge in [-0.3, -0.25) is 10.1 Å². The van der Waals surface area contributed by atoms with Crippen LogP contribution in [0, 0.1) is 6.92 Å².